The third-order valence-corrected chi connectivity index (χ3v) is 2.92. The Balaban J connectivity index is 2.82. The topological polar surface area (TPSA) is 78.3 Å². The van der Waals surface area contributed by atoms with E-state index in [9.17, 15) is 4.79 Å². The van der Waals surface area contributed by atoms with Crippen LogP contribution in [0.25, 0.3) is 0 Å². The van der Waals surface area contributed by atoms with E-state index in [1.807, 2.05) is 12.1 Å². The van der Waals surface area contributed by atoms with Crippen molar-refractivity contribution in [3.05, 3.63) is 28.2 Å². The van der Waals surface area contributed by atoms with Crippen LogP contribution in [-0.4, -0.2) is 18.6 Å². The highest BCUT2D eigenvalue weighted by atomic mass is 79.9. The minimum absolute atomic E-state index is 0.483. The monoisotopic (exact) mass is 286 g/mol. The molecular formula is C11H15BrN2O2. The number of hydrogen-bond acceptors (Lipinski definition) is 3. The van der Waals surface area contributed by atoms with Crippen molar-refractivity contribution in [2.75, 3.05) is 6.54 Å². The van der Waals surface area contributed by atoms with Crippen LogP contribution >= 0.6 is 15.9 Å². The highest BCUT2D eigenvalue weighted by Crippen LogP contribution is 2.23. The number of ether oxygens (including phenoxy) is 1. The number of halogens is 1. The van der Waals surface area contributed by atoms with Crippen LogP contribution in [0.2, 0.25) is 0 Å². The number of hydrogen-bond donors (Lipinski definition) is 2. The maximum atomic E-state index is 10.8. The smallest absolute Gasteiger partial charge is 0.258 e. The van der Waals surface area contributed by atoms with Gasteiger partial charge in [-0.25, -0.2) is 0 Å². The van der Waals surface area contributed by atoms with Gasteiger partial charge in [0.15, 0.2) is 6.10 Å². The van der Waals surface area contributed by atoms with Gasteiger partial charge in [-0.15, -0.1) is 0 Å². The minimum atomic E-state index is -0.632. The second-order valence-electron chi connectivity index (χ2n) is 3.45. The molecular weight excluding hydrogens is 272 g/mol. The molecule has 0 bridgehead atoms. The number of amides is 1. The molecule has 0 aliphatic heterocycles. The second kappa shape index (κ2) is 5.86. The Morgan fingerprint density at radius 3 is 2.81 bits per heavy atom. The van der Waals surface area contributed by atoms with E-state index >= 15 is 0 Å². The number of benzene rings is 1. The van der Waals surface area contributed by atoms with E-state index in [4.69, 9.17) is 16.2 Å². The summed E-state index contributed by atoms with van der Waals surface area (Å²) in [7, 11) is 0. The van der Waals surface area contributed by atoms with Crippen LogP contribution in [0, 0.1) is 0 Å². The summed E-state index contributed by atoms with van der Waals surface area (Å²) in [5.41, 5.74) is 11.7. The normalized spacial score (nSPS) is 12.2. The van der Waals surface area contributed by atoms with Crippen molar-refractivity contribution in [1.29, 1.82) is 0 Å². The average Bonchev–Trinajstić information content (AvgIpc) is 2.23. The van der Waals surface area contributed by atoms with Crippen molar-refractivity contribution in [1.82, 2.24) is 0 Å². The van der Waals surface area contributed by atoms with Crippen LogP contribution < -0.4 is 16.2 Å². The lowest BCUT2D eigenvalue weighted by molar-refractivity contribution is -0.123. The first-order valence-corrected chi connectivity index (χ1v) is 5.78. The summed E-state index contributed by atoms with van der Waals surface area (Å²) < 4.78 is 6.36. The third-order valence-electron chi connectivity index (χ3n) is 2.14. The summed E-state index contributed by atoms with van der Waals surface area (Å²) in [6, 6.07) is 5.51. The van der Waals surface area contributed by atoms with Crippen LogP contribution in [0.3, 0.4) is 0 Å². The van der Waals surface area contributed by atoms with E-state index in [0.29, 0.717) is 12.3 Å². The van der Waals surface area contributed by atoms with Gasteiger partial charge in [-0.05, 0) is 43.7 Å². The number of carbonyl (C=O) groups excluding carboxylic acids is 1. The third kappa shape index (κ3) is 3.50. The van der Waals surface area contributed by atoms with Gasteiger partial charge < -0.3 is 16.2 Å². The first-order chi connectivity index (χ1) is 7.54. The lowest BCUT2D eigenvalue weighted by Crippen LogP contribution is -2.30. The maximum absolute atomic E-state index is 10.8. The molecule has 4 nitrogen and oxygen atoms in total. The molecule has 1 aromatic rings. The Morgan fingerprint density at radius 1 is 1.56 bits per heavy atom. The molecule has 5 heteroatoms. The molecule has 0 aromatic heterocycles. The van der Waals surface area contributed by atoms with Gasteiger partial charge in [0.05, 0.1) is 0 Å². The van der Waals surface area contributed by atoms with Crippen molar-refractivity contribution < 1.29 is 9.53 Å². The molecule has 1 rings (SSSR count). The van der Waals surface area contributed by atoms with Crippen molar-refractivity contribution in [3.8, 4) is 5.75 Å². The molecule has 0 aliphatic rings. The van der Waals surface area contributed by atoms with Crippen LogP contribution in [0.5, 0.6) is 5.75 Å². The molecule has 0 spiro atoms. The Morgan fingerprint density at radius 2 is 2.25 bits per heavy atom. The number of primary amides is 1. The van der Waals surface area contributed by atoms with Crippen molar-refractivity contribution in [2.45, 2.75) is 19.4 Å². The van der Waals surface area contributed by atoms with Crippen LogP contribution in [0.1, 0.15) is 12.5 Å². The summed E-state index contributed by atoms with van der Waals surface area (Å²) in [6.07, 6.45) is 0.120. The Labute approximate surface area is 103 Å². The van der Waals surface area contributed by atoms with Gasteiger partial charge in [0.25, 0.3) is 5.91 Å². The number of nitrogens with two attached hydrogens (primary N) is 2. The molecule has 0 radical (unpaired) electrons. The molecule has 0 heterocycles. The molecule has 0 aliphatic carbocycles. The molecule has 0 saturated carbocycles. The van der Waals surface area contributed by atoms with E-state index in [1.54, 1.807) is 13.0 Å². The zero-order valence-corrected chi connectivity index (χ0v) is 10.7. The number of rotatable bonds is 5. The van der Waals surface area contributed by atoms with Gasteiger partial charge in [0, 0.05) is 4.47 Å². The minimum Gasteiger partial charge on any atom is -0.481 e. The summed E-state index contributed by atoms with van der Waals surface area (Å²) in [5, 5.41) is 0. The van der Waals surface area contributed by atoms with E-state index in [-0.39, 0.29) is 0 Å². The molecule has 1 aromatic carbocycles. The number of carbonyl (C=O) groups is 1. The highest BCUT2D eigenvalue weighted by Gasteiger charge is 2.11. The largest absolute Gasteiger partial charge is 0.481 e. The van der Waals surface area contributed by atoms with Gasteiger partial charge in [-0.2, -0.15) is 0 Å². The second-order valence-corrected chi connectivity index (χ2v) is 4.31. The van der Waals surface area contributed by atoms with Crippen molar-refractivity contribution >= 4 is 21.8 Å². The summed E-state index contributed by atoms with van der Waals surface area (Å²) >= 11 is 3.42. The standard InChI is InChI=1S/C11H15BrN2O2/c1-7(11(14)15)16-9-2-3-10(12)8(6-9)4-5-13/h2-3,6-7H,4-5,13H2,1H3,(H2,14,15). The molecule has 1 atom stereocenters. The molecule has 88 valence electrons. The van der Waals surface area contributed by atoms with Crippen LogP contribution in [0.15, 0.2) is 22.7 Å². The first kappa shape index (κ1) is 13.0. The molecule has 0 fully saturated rings. The predicted molar refractivity (Wildman–Crippen MR) is 66.2 cm³/mol. The average molecular weight is 287 g/mol. The fraction of sp³-hybridized carbons (Fsp3) is 0.364. The zero-order chi connectivity index (χ0) is 12.1. The first-order valence-electron chi connectivity index (χ1n) is 4.99. The van der Waals surface area contributed by atoms with E-state index < -0.39 is 12.0 Å². The van der Waals surface area contributed by atoms with Gasteiger partial charge in [-0.1, -0.05) is 15.9 Å². The van der Waals surface area contributed by atoms with Crippen LogP contribution in [-0.2, 0) is 11.2 Å². The fourth-order valence-corrected chi connectivity index (χ4v) is 1.68. The summed E-state index contributed by atoms with van der Waals surface area (Å²) in [4.78, 5) is 10.8. The van der Waals surface area contributed by atoms with Gasteiger partial charge in [0.2, 0.25) is 0 Å². The fourth-order valence-electron chi connectivity index (χ4n) is 1.23. The lowest BCUT2D eigenvalue weighted by Gasteiger charge is -2.12. The molecule has 1 amide bonds. The predicted octanol–water partition coefficient (Wildman–Crippen LogP) is 1.20. The van der Waals surface area contributed by atoms with Crippen molar-refractivity contribution in [3.63, 3.8) is 0 Å². The maximum Gasteiger partial charge on any atom is 0.258 e. The van der Waals surface area contributed by atoms with Gasteiger partial charge in [-0.3, -0.25) is 4.79 Å². The Kier molecular flexibility index (Phi) is 4.76. The lowest BCUT2D eigenvalue weighted by atomic mass is 10.1. The molecule has 4 N–H and O–H groups in total. The highest BCUT2D eigenvalue weighted by molar-refractivity contribution is 9.10. The molecule has 0 saturated heterocycles. The zero-order valence-electron chi connectivity index (χ0n) is 9.07. The quantitative estimate of drug-likeness (QED) is 0.854. The summed E-state index contributed by atoms with van der Waals surface area (Å²) in [5.74, 6) is 0.140. The molecule has 1 unspecified atom stereocenters. The van der Waals surface area contributed by atoms with E-state index in [1.165, 1.54) is 0 Å². The Bertz CT molecular complexity index is 382. The van der Waals surface area contributed by atoms with Gasteiger partial charge in [0.1, 0.15) is 5.75 Å². The molecule has 16 heavy (non-hydrogen) atoms. The SMILES string of the molecule is CC(Oc1ccc(Br)c(CCN)c1)C(N)=O. The summed E-state index contributed by atoms with van der Waals surface area (Å²) in [6.45, 7) is 2.18. The van der Waals surface area contributed by atoms with E-state index in [2.05, 4.69) is 15.9 Å². The van der Waals surface area contributed by atoms with Crippen molar-refractivity contribution in [2.24, 2.45) is 11.5 Å². The van der Waals surface area contributed by atoms with E-state index in [0.717, 1.165) is 16.5 Å². The van der Waals surface area contributed by atoms with Gasteiger partial charge >= 0.3 is 0 Å². The Hall–Kier alpha value is -1.07. The van der Waals surface area contributed by atoms with Crippen LogP contribution in [0.4, 0.5) is 0 Å².